The zero-order chi connectivity index (χ0) is 19.2. The van der Waals surface area contributed by atoms with E-state index < -0.39 is 14.9 Å². The monoisotopic (exact) mass is 370 g/mol. The van der Waals surface area contributed by atoms with Crippen LogP contribution in [0.1, 0.15) is 12.5 Å². The molecule has 0 N–H and O–H groups in total. The number of nitrogens with zero attached hydrogens (tertiary/aromatic N) is 2. The first kappa shape index (κ1) is 19.4. The predicted molar refractivity (Wildman–Crippen MR) is 101 cm³/mol. The van der Waals surface area contributed by atoms with Crippen LogP contribution >= 0.6 is 0 Å². The van der Waals surface area contributed by atoms with E-state index in [0.717, 1.165) is 5.56 Å². The van der Waals surface area contributed by atoms with E-state index >= 15 is 0 Å². The number of benzene rings is 2. The van der Waals surface area contributed by atoms with Gasteiger partial charge in [0.05, 0.1) is 16.4 Å². The number of hydrogen-bond acceptors (Lipinski definition) is 4. The van der Waals surface area contributed by atoms with Crippen molar-refractivity contribution in [2.75, 3.05) is 13.1 Å². The van der Waals surface area contributed by atoms with E-state index in [4.69, 9.17) is 0 Å². The molecule has 0 saturated heterocycles. The van der Waals surface area contributed by atoms with Crippen molar-refractivity contribution in [3.8, 4) is 11.8 Å². The third-order valence-corrected chi connectivity index (χ3v) is 5.47. The Labute approximate surface area is 153 Å². The lowest BCUT2D eigenvalue weighted by Crippen LogP contribution is -2.33. The molecule has 0 saturated carbocycles. The maximum atomic E-state index is 12.9. The van der Waals surface area contributed by atoms with Gasteiger partial charge in [-0.25, -0.2) is 8.42 Å². The SMILES string of the molecule is C=C(CN(CC#CC)S(=O)(=O)c1ccc([N+](=O)[O-])cc1)c1ccccc1. The minimum atomic E-state index is -3.87. The van der Waals surface area contributed by atoms with Crippen molar-refractivity contribution < 1.29 is 13.3 Å². The average Bonchev–Trinajstić information content (AvgIpc) is 2.65. The van der Waals surface area contributed by atoms with Crippen LogP contribution in [0.2, 0.25) is 0 Å². The van der Waals surface area contributed by atoms with Crippen LogP contribution in [0.3, 0.4) is 0 Å². The Kier molecular flexibility index (Phi) is 6.28. The smallest absolute Gasteiger partial charge is 0.258 e. The largest absolute Gasteiger partial charge is 0.269 e. The highest BCUT2D eigenvalue weighted by Crippen LogP contribution is 2.22. The van der Waals surface area contributed by atoms with Crippen LogP contribution in [0.5, 0.6) is 0 Å². The fourth-order valence-electron chi connectivity index (χ4n) is 2.26. The van der Waals surface area contributed by atoms with Gasteiger partial charge in [0, 0.05) is 18.7 Å². The predicted octanol–water partition coefficient (Wildman–Crippen LogP) is 3.32. The summed E-state index contributed by atoms with van der Waals surface area (Å²) in [6.07, 6.45) is 0. The average molecular weight is 370 g/mol. The highest BCUT2D eigenvalue weighted by atomic mass is 32.2. The summed E-state index contributed by atoms with van der Waals surface area (Å²) in [4.78, 5) is 10.2. The molecule has 0 unspecified atom stereocenters. The van der Waals surface area contributed by atoms with Gasteiger partial charge < -0.3 is 0 Å². The Morgan fingerprint density at radius 1 is 1.15 bits per heavy atom. The standard InChI is InChI=1S/C19H18N2O4S/c1-3-4-14-20(15-16(2)17-8-6-5-7-9-17)26(24,25)19-12-10-18(11-13-19)21(22)23/h5-13H,2,14-15H2,1H3. The Balaban J connectivity index is 2.33. The highest BCUT2D eigenvalue weighted by Gasteiger charge is 2.25. The molecule has 6 nitrogen and oxygen atoms in total. The van der Waals surface area contributed by atoms with Gasteiger partial charge in [0.1, 0.15) is 0 Å². The third-order valence-electron chi connectivity index (χ3n) is 3.67. The summed E-state index contributed by atoms with van der Waals surface area (Å²) in [5.41, 5.74) is 1.30. The first-order chi connectivity index (χ1) is 12.4. The second-order valence-corrected chi connectivity index (χ2v) is 7.36. The van der Waals surface area contributed by atoms with Crippen LogP contribution in [0.25, 0.3) is 5.57 Å². The van der Waals surface area contributed by atoms with Gasteiger partial charge in [-0.1, -0.05) is 42.8 Å². The summed E-state index contributed by atoms with van der Waals surface area (Å²) >= 11 is 0. The van der Waals surface area contributed by atoms with Gasteiger partial charge in [-0.05, 0) is 30.2 Å². The summed E-state index contributed by atoms with van der Waals surface area (Å²) in [6.45, 7) is 5.67. The van der Waals surface area contributed by atoms with Crippen LogP contribution in [0.4, 0.5) is 5.69 Å². The lowest BCUT2D eigenvalue weighted by molar-refractivity contribution is -0.384. The molecule has 0 bridgehead atoms. The third kappa shape index (κ3) is 4.57. The van der Waals surface area contributed by atoms with Gasteiger partial charge in [-0.2, -0.15) is 4.31 Å². The first-order valence-corrected chi connectivity index (χ1v) is 9.17. The molecule has 0 aliphatic carbocycles. The normalized spacial score (nSPS) is 10.8. The van der Waals surface area contributed by atoms with E-state index in [1.165, 1.54) is 28.6 Å². The Hall–Kier alpha value is -2.95. The van der Waals surface area contributed by atoms with Crippen LogP contribution in [0, 0.1) is 22.0 Å². The molecule has 134 valence electrons. The van der Waals surface area contributed by atoms with E-state index in [0.29, 0.717) is 5.57 Å². The molecule has 0 heterocycles. The van der Waals surface area contributed by atoms with Crippen molar-refractivity contribution in [1.29, 1.82) is 0 Å². The van der Waals surface area contributed by atoms with E-state index in [1.807, 2.05) is 30.3 Å². The molecular formula is C19H18N2O4S. The van der Waals surface area contributed by atoms with Crippen LogP contribution in [-0.2, 0) is 10.0 Å². The van der Waals surface area contributed by atoms with Crippen molar-refractivity contribution in [1.82, 2.24) is 4.31 Å². The van der Waals surface area contributed by atoms with Gasteiger partial charge in [0.2, 0.25) is 10.0 Å². The molecule has 0 amide bonds. The minimum absolute atomic E-state index is 0.00166. The Morgan fingerprint density at radius 3 is 2.31 bits per heavy atom. The topological polar surface area (TPSA) is 80.5 Å². The number of sulfonamides is 1. The van der Waals surface area contributed by atoms with E-state index in [9.17, 15) is 18.5 Å². The number of nitro benzene ring substituents is 1. The van der Waals surface area contributed by atoms with Crippen LogP contribution < -0.4 is 0 Å². The number of rotatable bonds is 7. The minimum Gasteiger partial charge on any atom is -0.258 e. The van der Waals surface area contributed by atoms with Crippen LogP contribution in [0.15, 0.2) is 66.1 Å². The number of hydrogen-bond donors (Lipinski definition) is 0. The zero-order valence-corrected chi connectivity index (χ0v) is 15.1. The molecule has 0 atom stereocenters. The van der Waals surface area contributed by atoms with Crippen molar-refractivity contribution in [2.45, 2.75) is 11.8 Å². The molecule has 0 fully saturated rings. The lowest BCUT2D eigenvalue weighted by Gasteiger charge is -2.21. The second-order valence-electron chi connectivity index (χ2n) is 5.42. The molecule has 2 aromatic carbocycles. The van der Waals surface area contributed by atoms with E-state index in [1.54, 1.807) is 6.92 Å². The number of non-ortho nitro benzene ring substituents is 1. The molecule has 0 spiro atoms. The van der Waals surface area contributed by atoms with Crippen molar-refractivity contribution in [3.63, 3.8) is 0 Å². The molecule has 0 aliphatic heterocycles. The van der Waals surface area contributed by atoms with E-state index in [2.05, 4.69) is 18.4 Å². The van der Waals surface area contributed by atoms with E-state index in [-0.39, 0.29) is 23.7 Å². The molecule has 0 aromatic heterocycles. The van der Waals surface area contributed by atoms with Gasteiger partial charge in [-0.15, -0.1) is 5.92 Å². The molecular weight excluding hydrogens is 352 g/mol. The molecule has 7 heteroatoms. The van der Waals surface area contributed by atoms with Gasteiger partial charge in [0.25, 0.3) is 5.69 Å². The first-order valence-electron chi connectivity index (χ1n) is 7.73. The molecule has 2 aromatic rings. The Morgan fingerprint density at radius 2 is 1.77 bits per heavy atom. The molecule has 26 heavy (non-hydrogen) atoms. The lowest BCUT2D eigenvalue weighted by atomic mass is 10.1. The maximum absolute atomic E-state index is 12.9. The molecule has 0 radical (unpaired) electrons. The fourth-order valence-corrected chi connectivity index (χ4v) is 3.60. The van der Waals surface area contributed by atoms with Crippen molar-refractivity contribution >= 4 is 21.3 Å². The molecule has 2 rings (SSSR count). The Bertz CT molecular complexity index is 956. The summed E-state index contributed by atoms with van der Waals surface area (Å²) in [5, 5.41) is 10.8. The van der Waals surface area contributed by atoms with Crippen molar-refractivity contribution in [2.24, 2.45) is 0 Å². The second kappa shape index (κ2) is 8.43. The van der Waals surface area contributed by atoms with Gasteiger partial charge >= 0.3 is 0 Å². The summed E-state index contributed by atoms with van der Waals surface area (Å²) in [7, 11) is -3.87. The zero-order valence-electron chi connectivity index (χ0n) is 14.3. The summed E-state index contributed by atoms with van der Waals surface area (Å²) < 4.78 is 27.1. The maximum Gasteiger partial charge on any atom is 0.269 e. The van der Waals surface area contributed by atoms with Gasteiger partial charge in [0.15, 0.2) is 0 Å². The highest BCUT2D eigenvalue weighted by molar-refractivity contribution is 7.89. The fraction of sp³-hybridized carbons (Fsp3) is 0.158. The summed E-state index contributed by atoms with van der Waals surface area (Å²) in [5.74, 6) is 5.44. The quantitative estimate of drug-likeness (QED) is 0.425. The van der Waals surface area contributed by atoms with Gasteiger partial charge in [-0.3, -0.25) is 10.1 Å². The van der Waals surface area contributed by atoms with Crippen LogP contribution in [-0.4, -0.2) is 30.7 Å². The summed E-state index contributed by atoms with van der Waals surface area (Å²) in [6, 6.07) is 14.1. The molecule has 0 aliphatic rings. The number of nitro groups is 1. The van der Waals surface area contributed by atoms with Crippen molar-refractivity contribution in [3.05, 3.63) is 76.9 Å².